The number of ether oxygens (including phenoxy) is 1. The zero-order valence-corrected chi connectivity index (χ0v) is 16.1. The summed E-state index contributed by atoms with van der Waals surface area (Å²) in [4.78, 5) is 22.6. The summed E-state index contributed by atoms with van der Waals surface area (Å²) in [5.74, 6) is -0.849. The molecule has 0 saturated heterocycles. The number of halogens is 1. The highest BCUT2D eigenvalue weighted by Gasteiger charge is 2.12. The maximum atomic E-state index is 13.7. The molecule has 0 unspecified atom stereocenters. The van der Waals surface area contributed by atoms with E-state index in [-0.39, 0.29) is 23.6 Å². The number of benzene rings is 3. The van der Waals surface area contributed by atoms with Crippen molar-refractivity contribution in [1.82, 2.24) is 0 Å². The Kier molecular flexibility index (Phi) is 6.71. The summed E-state index contributed by atoms with van der Waals surface area (Å²) in [6.07, 6.45) is 1.37. The Labute approximate surface area is 177 Å². The summed E-state index contributed by atoms with van der Waals surface area (Å²) >= 11 is 0. The maximum absolute atomic E-state index is 13.7. The largest absolute Gasteiger partial charge is 0.489 e. The number of hydrogen-bond acceptors (Lipinski definition) is 5. The highest BCUT2D eigenvalue weighted by Crippen LogP contribution is 2.20. The minimum absolute atomic E-state index is 0.00595. The van der Waals surface area contributed by atoms with Gasteiger partial charge in [0.2, 0.25) is 0 Å². The van der Waals surface area contributed by atoms with Gasteiger partial charge >= 0.3 is 0 Å². The zero-order chi connectivity index (χ0) is 22.2. The summed E-state index contributed by atoms with van der Waals surface area (Å²) in [5, 5.41) is 22.4. The Balaban J connectivity index is 1.69. The molecule has 1 N–H and O–H groups in total. The van der Waals surface area contributed by atoms with Crippen LogP contribution in [0.2, 0.25) is 0 Å². The average Bonchev–Trinajstić information content (AvgIpc) is 2.78. The molecule has 154 valence electrons. The van der Waals surface area contributed by atoms with Crippen molar-refractivity contribution in [2.24, 2.45) is 0 Å². The predicted molar refractivity (Wildman–Crippen MR) is 112 cm³/mol. The predicted octanol–water partition coefficient (Wildman–Crippen LogP) is 4.86. The standard InChI is InChI=1S/C23H16FN3O4/c24-21-6-1-2-7-22(21)26-23(28)18(14-25)12-17-4-3-5-20(13-17)31-15-16-8-10-19(11-9-16)27(29)30/h1-13H,15H2,(H,26,28)/b18-12-. The fourth-order valence-electron chi connectivity index (χ4n) is 2.64. The molecular weight excluding hydrogens is 401 g/mol. The van der Waals surface area contributed by atoms with Crippen molar-refractivity contribution in [2.75, 3.05) is 5.32 Å². The van der Waals surface area contributed by atoms with Crippen LogP contribution < -0.4 is 10.1 Å². The molecule has 8 heteroatoms. The van der Waals surface area contributed by atoms with Crippen molar-refractivity contribution in [2.45, 2.75) is 6.61 Å². The van der Waals surface area contributed by atoms with Crippen molar-refractivity contribution in [3.8, 4) is 11.8 Å². The van der Waals surface area contributed by atoms with E-state index < -0.39 is 16.6 Å². The monoisotopic (exact) mass is 417 g/mol. The molecule has 3 rings (SSSR count). The van der Waals surface area contributed by atoms with Crippen LogP contribution in [0.15, 0.2) is 78.4 Å². The third-order valence-corrected chi connectivity index (χ3v) is 4.21. The Morgan fingerprint density at radius 3 is 2.55 bits per heavy atom. The molecule has 0 aliphatic rings. The Bertz CT molecular complexity index is 1180. The van der Waals surface area contributed by atoms with Gasteiger partial charge in [-0.1, -0.05) is 24.3 Å². The van der Waals surface area contributed by atoms with Crippen LogP contribution in [0, 0.1) is 27.3 Å². The van der Waals surface area contributed by atoms with E-state index in [2.05, 4.69) is 5.32 Å². The van der Waals surface area contributed by atoms with Crippen molar-refractivity contribution in [3.63, 3.8) is 0 Å². The summed E-state index contributed by atoms with van der Waals surface area (Å²) in [7, 11) is 0. The first-order valence-corrected chi connectivity index (χ1v) is 9.10. The van der Waals surface area contributed by atoms with Crippen LogP contribution in [0.3, 0.4) is 0 Å². The first-order valence-electron chi connectivity index (χ1n) is 9.10. The van der Waals surface area contributed by atoms with E-state index >= 15 is 0 Å². The number of para-hydroxylation sites is 1. The smallest absolute Gasteiger partial charge is 0.269 e. The van der Waals surface area contributed by atoms with Gasteiger partial charge < -0.3 is 10.1 Å². The molecule has 0 atom stereocenters. The Morgan fingerprint density at radius 1 is 1.13 bits per heavy atom. The normalized spacial score (nSPS) is 10.8. The molecule has 3 aromatic carbocycles. The van der Waals surface area contributed by atoms with Gasteiger partial charge in [-0.15, -0.1) is 0 Å². The summed E-state index contributed by atoms with van der Waals surface area (Å²) in [6.45, 7) is 0.185. The number of nitriles is 1. The maximum Gasteiger partial charge on any atom is 0.269 e. The lowest BCUT2D eigenvalue weighted by molar-refractivity contribution is -0.384. The lowest BCUT2D eigenvalue weighted by Gasteiger charge is -2.08. The second kappa shape index (κ2) is 9.80. The minimum Gasteiger partial charge on any atom is -0.489 e. The quantitative estimate of drug-likeness (QED) is 0.256. The first kappa shape index (κ1) is 21.2. The van der Waals surface area contributed by atoms with E-state index in [9.17, 15) is 24.6 Å². The van der Waals surface area contributed by atoms with E-state index in [1.54, 1.807) is 42.5 Å². The molecule has 0 radical (unpaired) electrons. The third kappa shape index (κ3) is 5.74. The van der Waals surface area contributed by atoms with Crippen LogP contribution in [0.25, 0.3) is 6.08 Å². The van der Waals surface area contributed by atoms with Crippen LogP contribution in [-0.2, 0) is 11.4 Å². The second-order valence-corrected chi connectivity index (χ2v) is 6.39. The van der Waals surface area contributed by atoms with Gasteiger partial charge in [0.15, 0.2) is 0 Å². The van der Waals surface area contributed by atoms with E-state index in [1.165, 1.54) is 36.4 Å². The number of rotatable bonds is 7. The first-order chi connectivity index (χ1) is 15.0. The molecule has 7 nitrogen and oxygen atoms in total. The molecular formula is C23H16FN3O4. The van der Waals surface area contributed by atoms with E-state index in [0.29, 0.717) is 11.3 Å². The van der Waals surface area contributed by atoms with Crippen molar-refractivity contribution < 1.29 is 18.8 Å². The SMILES string of the molecule is N#C/C(=C/c1cccc(OCc2ccc([N+](=O)[O-])cc2)c1)C(=O)Nc1ccccc1F. The van der Waals surface area contributed by atoms with E-state index in [4.69, 9.17) is 4.74 Å². The van der Waals surface area contributed by atoms with Gasteiger partial charge in [0.1, 0.15) is 29.8 Å². The van der Waals surface area contributed by atoms with Gasteiger partial charge in [0.05, 0.1) is 10.6 Å². The summed E-state index contributed by atoms with van der Waals surface area (Å²) in [6, 6.07) is 20.2. The summed E-state index contributed by atoms with van der Waals surface area (Å²) < 4.78 is 19.4. The molecule has 31 heavy (non-hydrogen) atoms. The van der Waals surface area contributed by atoms with Gasteiger partial charge in [-0.25, -0.2) is 4.39 Å². The van der Waals surface area contributed by atoms with Crippen LogP contribution in [0.1, 0.15) is 11.1 Å². The zero-order valence-electron chi connectivity index (χ0n) is 16.1. The Morgan fingerprint density at radius 2 is 1.87 bits per heavy atom. The van der Waals surface area contributed by atoms with Crippen LogP contribution in [0.4, 0.5) is 15.8 Å². The van der Waals surface area contributed by atoms with Gasteiger partial charge in [-0.3, -0.25) is 14.9 Å². The molecule has 0 aliphatic heterocycles. The van der Waals surface area contributed by atoms with Crippen LogP contribution in [0.5, 0.6) is 5.75 Å². The fourth-order valence-corrected chi connectivity index (χ4v) is 2.64. The van der Waals surface area contributed by atoms with Gasteiger partial charge in [-0.2, -0.15) is 5.26 Å². The number of nitro groups is 1. The van der Waals surface area contributed by atoms with Crippen molar-refractivity contribution >= 4 is 23.4 Å². The number of carbonyl (C=O) groups is 1. The molecule has 3 aromatic rings. The minimum atomic E-state index is -0.732. The molecule has 0 heterocycles. The molecule has 0 saturated carbocycles. The third-order valence-electron chi connectivity index (χ3n) is 4.21. The summed E-state index contributed by atoms with van der Waals surface area (Å²) in [5.41, 5.74) is 1.06. The number of hydrogen-bond donors (Lipinski definition) is 1. The number of nitro benzene ring substituents is 1. The number of carbonyl (C=O) groups excluding carboxylic acids is 1. The number of nitrogens with zero attached hydrogens (tertiary/aromatic N) is 2. The highest BCUT2D eigenvalue weighted by molar-refractivity contribution is 6.09. The number of anilines is 1. The molecule has 1 amide bonds. The molecule has 0 spiro atoms. The number of amides is 1. The van der Waals surface area contributed by atoms with Gasteiger partial charge in [-0.05, 0) is 53.6 Å². The van der Waals surface area contributed by atoms with E-state index in [1.807, 2.05) is 6.07 Å². The van der Waals surface area contributed by atoms with Crippen molar-refractivity contribution in [1.29, 1.82) is 5.26 Å². The number of non-ortho nitro benzene ring substituents is 1. The molecule has 0 bridgehead atoms. The highest BCUT2D eigenvalue weighted by atomic mass is 19.1. The molecule has 0 aromatic heterocycles. The fraction of sp³-hybridized carbons (Fsp3) is 0.0435. The molecule has 0 aliphatic carbocycles. The van der Waals surface area contributed by atoms with Crippen LogP contribution >= 0.6 is 0 Å². The second-order valence-electron chi connectivity index (χ2n) is 6.39. The topological polar surface area (TPSA) is 105 Å². The lowest BCUT2D eigenvalue weighted by Crippen LogP contribution is -2.14. The Hall–Kier alpha value is -4.51. The van der Waals surface area contributed by atoms with Crippen molar-refractivity contribution in [3.05, 3.63) is 105 Å². The lowest BCUT2D eigenvalue weighted by atomic mass is 10.1. The number of nitrogens with one attached hydrogen (secondary N) is 1. The van der Waals surface area contributed by atoms with Gasteiger partial charge in [0.25, 0.3) is 11.6 Å². The average molecular weight is 417 g/mol. The molecule has 0 fully saturated rings. The van der Waals surface area contributed by atoms with E-state index in [0.717, 1.165) is 5.56 Å². The van der Waals surface area contributed by atoms with Crippen LogP contribution in [-0.4, -0.2) is 10.8 Å². The van der Waals surface area contributed by atoms with Gasteiger partial charge in [0, 0.05) is 12.1 Å².